The van der Waals surface area contributed by atoms with Gasteiger partial charge in [-0.05, 0) is 24.6 Å². The number of hydrogen-bond acceptors (Lipinski definition) is 8. The Hall–Kier alpha value is -2.79. The highest BCUT2D eigenvalue weighted by Crippen LogP contribution is 2.28. The summed E-state index contributed by atoms with van der Waals surface area (Å²) in [4.78, 5) is 25.1. The van der Waals surface area contributed by atoms with Gasteiger partial charge in [0.1, 0.15) is 11.8 Å². The van der Waals surface area contributed by atoms with Crippen molar-refractivity contribution in [3.63, 3.8) is 0 Å². The number of aromatic nitrogens is 5. The molecule has 0 radical (unpaired) electrons. The molecule has 0 saturated carbocycles. The van der Waals surface area contributed by atoms with Crippen LogP contribution in [0.2, 0.25) is 5.02 Å². The molecule has 33 heavy (non-hydrogen) atoms. The first-order valence-electron chi connectivity index (χ1n) is 11.1. The van der Waals surface area contributed by atoms with Gasteiger partial charge in [-0.1, -0.05) is 16.8 Å². The largest absolute Gasteiger partial charge is 0.381 e. The molecule has 2 saturated heterocycles. The average Bonchev–Trinajstić information content (AvgIpc) is 3.59. The molecule has 1 unspecified atom stereocenters. The second-order valence-corrected chi connectivity index (χ2v) is 8.81. The van der Waals surface area contributed by atoms with E-state index in [0.29, 0.717) is 55.0 Å². The molecule has 0 bridgehead atoms. The Morgan fingerprint density at radius 2 is 1.97 bits per heavy atom. The fraction of sp³-hybridized carbons (Fsp3) is 0.455. The van der Waals surface area contributed by atoms with E-state index >= 15 is 0 Å². The van der Waals surface area contributed by atoms with Gasteiger partial charge in [-0.2, -0.15) is 4.98 Å². The SMILES string of the molecule is O=c1c2c(-c3nc(C4CCOC4)no3)ncn2c2ccc(Cl)cc2n1CCN1CCOCC1. The molecule has 2 aliphatic rings. The number of halogens is 1. The summed E-state index contributed by atoms with van der Waals surface area (Å²) in [6.07, 6.45) is 2.47. The number of rotatable bonds is 5. The minimum absolute atomic E-state index is 0.101. The minimum atomic E-state index is -0.172. The first-order valence-corrected chi connectivity index (χ1v) is 11.5. The lowest BCUT2D eigenvalue weighted by molar-refractivity contribution is 0.0364. The summed E-state index contributed by atoms with van der Waals surface area (Å²) in [6, 6.07) is 5.53. The number of morpholine rings is 1. The number of benzene rings is 1. The van der Waals surface area contributed by atoms with Gasteiger partial charge in [-0.15, -0.1) is 0 Å². The zero-order valence-electron chi connectivity index (χ0n) is 17.9. The smallest absolute Gasteiger partial charge is 0.278 e. The molecule has 0 N–H and O–H groups in total. The summed E-state index contributed by atoms with van der Waals surface area (Å²) in [5.74, 6) is 0.929. The van der Waals surface area contributed by atoms with E-state index in [4.69, 9.17) is 25.6 Å². The second kappa shape index (κ2) is 8.53. The van der Waals surface area contributed by atoms with E-state index in [-0.39, 0.29) is 17.4 Å². The standard InChI is InChI=1S/C22H23ClN6O4/c23-15-1-2-16-17(11-15)28(5-4-27-6-9-31-10-7-27)22(30)19-18(24-13-29(16)19)21-25-20(26-33-21)14-3-8-32-12-14/h1-2,11,13-14H,3-10,12H2. The van der Waals surface area contributed by atoms with Crippen molar-refractivity contribution in [2.75, 3.05) is 46.1 Å². The van der Waals surface area contributed by atoms with Crippen molar-refractivity contribution in [1.82, 2.24) is 29.0 Å². The highest BCUT2D eigenvalue weighted by Gasteiger charge is 2.26. The Bertz CT molecular complexity index is 1370. The molecular weight excluding hydrogens is 448 g/mol. The summed E-state index contributed by atoms with van der Waals surface area (Å²) in [7, 11) is 0. The van der Waals surface area contributed by atoms with Crippen molar-refractivity contribution in [2.45, 2.75) is 18.9 Å². The number of fused-ring (bicyclic) bond motifs is 3. The van der Waals surface area contributed by atoms with Crippen molar-refractivity contribution >= 4 is 28.2 Å². The maximum atomic E-state index is 13.8. The predicted molar refractivity (Wildman–Crippen MR) is 121 cm³/mol. The highest BCUT2D eigenvalue weighted by molar-refractivity contribution is 6.31. The van der Waals surface area contributed by atoms with Gasteiger partial charge in [-0.3, -0.25) is 14.1 Å². The molecule has 4 aromatic rings. The van der Waals surface area contributed by atoms with Gasteiger partial charge in [0.05, 0.1) is 30.9 Å². The topological polar surface area (TPSA) is 99.9 Å². The van der Waals surface area contributed by atoms with Crippen LogP contribution in [0.15, 0.2) is 33.8 Å². The quantitative estimate of drug-likeness (QED) is 0.437. The molecule has 10 nitrogen and oxygen atoms in total. The molecule has 2 aliphatic heterocycles. The fourth-order valence-corrected chi connectivity index (χ4v) is 4.74. The van der Waals surface area contributed by atoms with E-state index in [1.165, 1.54) is 0 Å². The third-order valence-corrected chi connectivity index (χ3v) is 6.62. The van der Waals surface area contributed by atoms with E-state index < -0.39 is 0 Å². The Morgan fingerprint density at radius 3 is 2.79 bits per heavy atom. The second-order valence-electron chi connectivity index (χ2n) is 8.37. The number of hydrogen-bond donors (Lipinski definition) is 0. The first kappa shape index (κ1) is 20.8. The van der Waals surface area contributed by atoms with E-state index in [1.807, 2.05) is 18.2 Å². The van der Waals surface area contributed by atoms with Gasteiger partial charge < -0.3 is 18.6 Å². The van der Waals surface area contributed by atoms with Gasteiger partial charge in [0.15, 0.2) is 11.5 Å². The van der Waals surface area contributed by atoms with Crippen molar-refractivity contribution in [1.29, 1.82) is 0 Å². The van der Waals surface area contributed by atoms with Crippen LogP contribution in [-0.2, 0) is 16.0 Å². The maximum Gasteiger partial charge on any atom is 0.278 e. The van der Waals surface area contributed by atoms with E-state index in [1.54, 1.807) is 15.3 Å². The molecular formula is C22H23ClN6O4. The molecule has 1 atom stereocenters. The van der Waals surface area contributed by atoms with Gasteiger partial charge in [0.2, 0.25) is 0 Å². The Kier molecular flexibility index (Phi) is 5.37. The van der Waals surface area contributed by atoms with Crippen LogP contribution < -0.4 is 5.56 Å². The normalized spacial score (nSPS) is 19.7. The van der Waals surface area contributed by atoms with Crippen molar-refractivity contribution in [3.8, 4) is 11.6 Å². The Balaban J connectivity index is 1.46. The summed E-state index contributed by atoms with van der Waals surface area (Å²) >= 11 is 6.30. The molecule has 0 amide bonds. The summed E-state index contributed by atoms with van der Waals surface area (Å²) in [5, 5.41) is 4.70. The van der Waals surface area contributed by atoms with Crippen LogP contribution in [0, 0.1) is 0 Å². The lowest BCUT2D eigenvalue weighted by Gasteiger charge is -2.27. The van der Waals surface area contributed by atoms with Crippen LogP contribution in [-0.4, -0.2) is 75.1 Å². The molecule has 172 valence electrons. The predicted octanol–water partition coefficient (Wildman–Crippen LogP) is 2.19. The van der Waals surface area contributed by atoms with E-state index in [0.717, 1.165) is 37.1 Å². The molecule has 0 aliphatic carbocycles. The van der Waals surface area contributed by atoms with Gasteiger partial charge >= 0.3 is 0 Å². The monoisotopic (exact) mass is 470 g/mol. The number of nitrogens with zero attached hydrogens (tertiary/aromatic N) is 6. The summed E-state index contributed by atoms with van der Waals surface area (Å²) in [5.41, 5.74) is 2.21. The maximum absolute atomic E-state index is 13.8. The average molecular weight is 471 g/mol. The number of ether oxygens (including phenoxy) is 2. The van der Waals surface area contributed by atoms with E-state index in [9.17, 15) is 4.79 Å². The molecule has 2 fully saturated rings. The lowest BCUT2D eigenvalue weighted by Crippen LogP contribution is -2.39. The van der Waals surface area contributed by atoms with Crippen LogP contribution in [0.1, 0.15) is 18.2 Å². The third-order valence-electron chi connectivity index (χ3n) is 6.39. The summed E-state index contributed by atoms with van der Waals surface area (Å²) in [6.45, 7) is 5.62. The molecule has 11 heteroatoms. The van der Waals surface area contributed by atoms with Crippen molar-refractivity contribution in [3.05, 3.63) is 45.7 Å². The molecule has 1 aromatic carbocycles. The van der Waals surface area contributed by atoms with Gasteiger partial charge in [-0.25, -0.2) is 4.98 Å². The lowest BCUT2D eigenvalue weighted by atomic mass is 10.1. The van der Waals surface area contributed by atoms with Crippen LogP contribution in [0.5, 0.6) is 0 Å². The molecule has 6 rings (SSSR count). The van der Waals surface area contributed by atoms with Crippen LogP contribution >= 0.6 is 11.6 Å². The summed E-state index contributed by atoms with van der Waals surface area (Å²) < 4.78 is 19.9. The highest BCUT2D eigenvalue weighted by atomic mass is 35.5. The van der Waals surface area contributed by atoms with Crippen LogP contribution in [0.4, 0.5) is 0 Å². The third kappa shape index (κ3) is 3.72. The minimum Gasteiger partial charge on any atom is -0.381 e. The van der Waals surface area contributed by atoms with Gasteiger partial charge in [0, 0.05) is 43.7 Å². The van der Waals surface area contributed by atoms with Gasteiger partial charge in [0.25, 0.3) is 11.4 Å². The van der Waals surface area contributed by atoms with Crippen LogP contribution in [0.3, 0.4) is 0 Å². The molecule has 3 aromatic heterocycles. The molecule has 0 spiro atoms. The fourth-order valence-electron chi connectivity index (χ4n) is 4.57. The Morgan fingerprint density at radius 1 is 1.09 bits per heavy atom. The zero-order valence-corrected chi connectivity index (χ0v) is 18.7. The first-order chi connectivity index (χ1) is 16.2. The van der Waals surface area contributed by atoms with Crippen molar-refractivity contribution in [2.24, 2.45) is 0 Å². The number of imidazole rings is 1. The van der Waals surface area contributed by atoms with E-state index in [2.05, 4.69) is 20.0 Å². The van der Waals surface area contributed by atoms with Crippen LogP contribution in [0.25, 0.3) is 28.1 Å². The van der Waals surface area contributed by atoms with Crippen molar-refractivity contribution < 1.29 is 14.0 Å². The zero-order chi connectivity index (χ0) is 22.4. The molecule has 5 heterocycles. The Labute approximate surface area is 193 Å².